The quantitative estimate of drug-likeness (QED) is 0.785. The van der Waals surface area contributed by atoms with E-state index >= 15 is 0 Å². The molecule has 0 bridgehead atoms. The lowest BCUT2D eigenvalue weighted by Crippen LogP contribution is -2.42. The van der Waals surface area contributed by atoms with Crippen LogP contribution in [0, 0.1) is 11.2 Å². The first kappa shape index (κ1) is 16.7. The van der Waals surface area contributed by atoms with Gasteiger partial charge in [0.1, 0.15) is 5.82 Å². The Morgan fingerprint density at radius 2 is 2.33 bits per heavy atom. The lowest BCUT2D eigenvalue weighted by atomic mass is 9.76. The largest absolute Gasteiger partial charge is 0.383 e. The van der Waals surface area contributed by atoms with Crippen LogP contribution in [-0.2, 0) is 15.9 Å². The summed E-state index contributed by atoms with van der Waals surface area (Å²) < 4.78 is 24.0. The molecule has 1 aliphatic rings. The number of halogens is 2. The average molecular weight is 316 g/mol. The number of hydrogen-bond acceptors (Lipinski definition) is 3. The van der Waals surface area contributed by atoms with Crippen LogP contribution >= 0.6 is 11.6 Å². The first-order chi connectivity index (χ1) is 10.1. The van der Waals surface area contributed by atoms with E-state index in [2.05, 4.69) is 12.2 Å². The molecule has 0 saturated carbocycles. The highest BCUT2D eigenvalue weighted by atomic mass is 35.5. The van der Waals surface area contributed by atoms with Crippen molar-refractivity contribution in [1.29, 1.82) is 0 Å². The fourth-order valence-corrected chi connectivity index (χ4v) is 3.14. The summed E-state index contributed by atoms with van der Waals surface area (Å²) in [5.41, 5.74) is 0.971. The van der Waals surface area contributed by atoms with Gasteiger partial charge in [0.15, 0.2) is 0 Å². The van der Waals surface area contributed by atoms with Crippen molar-refractivity contribution < 1.29 is 13.9 Å². The van der Waals surface area contributed by atoms with Crippen LogP contribution in [0.25, 0.3) is 0 Å². The average Bonchev–Trinajstić information content (AvgIpc) is 2.80. The maximum absolute atomic E-state index is 13.2. The molecule has 0 spiro atoms. The van der Waals surface area contributed by atoms with E-state index < -0.39 is 0 Å². The molecule has 1 N–H and O–H groups in total. The summed E-state index contributed by atoms with van der Waals surface area (Å²) in [6.45, 7) is 5.18. The number of ether oxygens (including phenoxy) is 2. The molecule has 0 radical (unpaired) electrons. The van der Waals surface area contributed by atoms with Crippen LogP contribution < -0.4 is 5.32 Å². The number of rotatable bonds is 7. The molecular weight excluding hydrogens is 293 g/mol. The highest BCUT2D eigenvalue weighted by molar-refractivity contribution is 6.31. The molecule has 21 heavy (non-hydrogen) atoms. The lowest BCUT2D eigenvalue weighted by Gasteiger charge is -2.33. The zero-order valence-corrected chi connectivity index (χ0v) is 13.4. The Bertz CT molecular complexity index is 472. The van der Waals surface area contributed by atoms with Crippen LogP contribution in [0.1, 0.15) is 18.9 Å². The molecule has 0 amide bonds. The van der Waals surface area contributed by atoms with Gasteiger partial charge in [-0.3, -0.25) is 0 Å². The molecule has 5 heteroatoms. The second kappa shape index (κ2) is 7.54. The minimum absolute atomic E-state index is 0.00475. The van der Waals surface area contributed by atoms with Crippen molar-refractivity contribution in [3.8, 4) is 0 Å². The first-order valence-corrected chi connectivity index (χ1v) is 7.70. The van der Waals surface area contributed by atoms with Crippen LogP contribution in [-0.4, -0.2) is 39.5 Å². The van der Waals surface area contributed by atoms with Gasteiger partial charge in [0.25, 0.3) is 0 Å². The second-order valence-electron chi connectivity index (χ2n) is 5.71. The zero-order chi connectivity index (χ0) is 15.3. The van der Waals surface area contributed by atoms with Gasteiger partial charge in [-0.15, -0.1) is 0 Å². The van der Waals surface area contributed by atoms with Crippen LogP contribution in [0.5, 0.6) is 0 Å². The van der Waals surface area contributed by atoms with Gasteiger partial charge in [0.2, 0.25) is 0 Å². The smallest absolute Gasteiger partial charge is 0.124 e. The molecule has 1 aromatic rings. The summed E-state index contributed by atoms with van der Waals surface area (Å²) in [4.78, 5) is 0. The van der Waals surface area contributed by atoms with Gasteiger partial charge < -0.3 is 14.8 Å². The van der Waals surface area contributed by atoms with Crippen molar-refractivity contribution in [1.82, 2.24) is 5.32 Å². The van der Waals surface area contributed by atoms with Gasteiger partial charge >= 0.3 is 0 Å². The Labute approximate surface area is 130 Å². The van der Waals surface area contributed by atoms with Gasteiger partial charge in [-0.25, -0.2) is 4.39 Å². The molecule has 1 aliphatic heterocycles. The topological polar surface area (TPSA) is 30.5 Å². The number of benzene rings is 1. The van der Waals surface area contributed by atoms with E-state index in [4.69, 9.17) is 21.1 Å². The fourth-order valence-electron chi connectivity index (χ4n) is 2.90. The predicted molar refractivity (Wildman–Crippen MR) is 82.3 cm³/mol. The predicted octanol–water partition coefficient (Wildman–Crippen LogP) is 3.05. The standard InChI is InChI=1S/C16H23ClFNO2/c1-12-16(5-7-21-12,11-19-6-8-20-2)10-13-3-4-14(18)9-15(13)17/h3-4,9,12,19H,5-8,10-11H2,1-2H3. The van der Waals surface area contributed by atoms with E-state index in [1.165, 1.54) is 12.1 Å². The molecule has 1 heterocycles. The van der Waals surface area contributed by atoms with E-state index in [1.807, 2.05) is 0 Å². The second-order valence-corrected chi connectivity index (χ2v) is 6.11. The summed E-state index contributed by atoms with van der Waals surface area (Å²) >= 11 is 6.18. The van der Waals surface area contributed by atoms with Gasteiger partial charge in [0.05, 0.1) is 12.7 Å². The van der Waals surface area contributed by atoms with E-state index in [1.54, 1.807) is 13.2 Å². The van der Waals surface area contributed by atoms with Crippen LogP contribution in [0.2, 0.25) is 5.02 Å². The molecule has 3 nitrogen and oxygen atoms in total. The maximum Gasteiger partial charge on any atom is 0.124 e. The number of hydrogen-bond donors (Lipinski definition) is 1. The highest BCUT2D eigenvalue weighted by Crippen LogP contribution is 2.39. The van der Waals surface area contributed by atoms with Crippen molar-refractivity contribution in [2.45, 2.75) is 25.9 Å². The van der Waals surface area contributed by atoms with Gasteiger partial charge in [-0.2, -0.15) is 0 Å². The molecular formula is C16H23ClFNO2. The molecule has 2 rings (SSSR count). The van der Waals surface area contributed by atoms with Crippen LogP contribution in [0.3, 0.4) is 0 Å². The fraction of sp³-hybridized carbons (Fsp3) is 0.625. The van der Waals surface area contributed by atoms with Crippen molar-refractivity contribution in [3.63, 3.8) is 0 Å². The van der Waals surface area contributed by atoms with Gasteiger partial charge in [-0.05, 0) is 37.5 Å². The van der Waals surface area contributed by atoms with E-state index in [9.17, 15) is 4.39 Å². The molecule has 2 atom stereocenters. The maximum atomic E-state index is 13.2. The molecule has 0 aliphatic carbocycles. The third kappa shape index (κ3) is 4.16. The summed E-state index contributed by atoms with van der Waals surface area (Å²) in [7, 11) is 1.69. The minimum atomic E-state index is -0.299. The highest BCUT2D eigenvalue weighted by Gasteiger charge is 2.41. The Morgan fingerprint density at radius 1 is 1.52 bits per heavy atom. The number of nitrogens with one attached hydrogen (secondary N) is 1. The third-order valence-corrected chi connectivity index (χ3v) is 4.70. The molecule has 1 aromatic carbocycles. The van der Waals surface area contributed by atoms with Crippen LogP contribution in [0.15, 0.2) is 18.2 Å². The summed E-state index contributed by atoms with van der Waals surface area (Å²) in [5, 5.41) is 3.92. The minimum Gasteiger partial charge on any atom is -0.383 e. The Hall–Kier alpha value is -0.680. The normalized spacial score (nSPS) is 25.4. The molecule has 1 saturated heterocycles. The Kier molecular flexibility index (Phi) is 5.99. The monoisotopic (exact) mass is 315 g/mol. The summed E-state index contributed by atoms with van der Waals surface area (Å²) in [6, 6.07) is 4.62. The first-order valence-electron chi connectivity index (χ1n) is 7.32. The van der Waals surface area contributed by atoms with E-state index in [0.717, 1.165) is 38.1 Å². The summed E-state index contributed by atoms with van der Waals surface area (Å²) in [5.74, 6) is -0.299. The van der Waals surface area contributed by atoms with E-state index in [-0.39, 0.29) is 17.3 Å². The van der Waals surface area contributed by atoms with Crippen molar-refractivity contribution in [2.75, 3.05) is 33.4 Å². The van der Waals surface area contributed by atoms with Crippen LogP contribution in [0.4, 0.5) is 4.39 Å². The Balaban J connectivity index is 2.09. The van der Waals surface area contributed by atoms with Crippen molar-refractivity contribution in [2.24, 2.45) is 5.41 Å². The Morgan fingerprint density at radius 3 is 2.95 bits per heavy atom. The molecule has 0 aromatic heterocycles. The zero-order valence-electron chi connectivity index (χ0n) is 12.6. The van der Waals surface area contributed by atoms with Gasteiger partial charge in [-0.1, -0.05) is 17.7 Å². The lowest BCUT2D eigenvalue weighted by molar-refractivity contribution is 0.0619. The molecule has 118 valence electrons. The van der Waals surface area contributed by atoms with Crippen molar-refractivity contribution in [3.05, 3.63) is 34.6 Å². The van der Waals surface area contributed by atoms with E-state index in [0.29, 0.717) is 11.6 Å². The van der Waals surface area contributed by atoms with Crippen molar-refractivity contribution >= 4 is 11.6 Å². The SMILES string of the molecule is COCCNCC1(Cc2ccc(F)cc2Cl)CCOC1C. The summed E-state index contributed by atoms with van der Waals surface area (Å²) in [6.07, 6.45) is 1.91. The molecule has 2 unspecified atom stereocenters. The van der Waals surface area contributed by atoms with Gasteiger partial charge in [0, 0.05) is 37.2 Å². The number of methoxy groups -OCH3 is 1. The third-order valence-electron chi connectivity index (χ3n) is 4.35. The molecule has 1 fully saturated rings.